The third-order valence-corrected chi connectivity index (χ3v) is 7.91. The molecule has 3 heterocycles. The first-order valence-corrected chi connectivity index (χ1v) is 13.8. The number of benzene rings is 1. The highest BCUT2D eigenvalue weighted by molar-refractivity contribution is 5.71. The normalized spacial score (nSPS) is 20.4. The molecule has 0 bridgehead atoms. The number of cyclic esters (lactones) is 1. The zero-order chi connectivity index (χ0) is 33.5. The van der Waals surface area contributed by atoms with Crippen LogP contribution in [-0.4, -0.2) is 70.2 Å². The van der Waals surface area contributed by atoms with Gasteiger partial charge in [-0.25, -0.2) is 9.78 Å². The van der Waals surface area contributed by atoms with Crippen molar-refractivity contribution in [2.24, 2.45) is 0 Å². The number of piperidine rings is 1. The van der Waals surface area contributed by atoms with Gasteiger partial charge in [-0.1, -0.05) is 0 Å². The van der Waals surface area contributed by atoms with Crippen LogP contribution in [0.5, 0.6) is 0 Å². The standard InChI is InChI=1S/C28H29F9N4O4/c1-3-40(21-4-6-39(7-5-21)14-22(42)43)24-17(10-20(12-38-24)28(35,36)37)13-41-15(2)23(45-25(41)44)16-8-18(26(29,30)31)11-19(9-16)27(32,33)34/h8-12,15,21,23H,3-7,13-14H2,1-2H3,(H,42,43)/t15?,23-/m0/s1. The van der Waals surface area contributed by atoms with Gasteiger partial charge in [0.2, 0.25) is 0 Å². The van der Waals surface area contributed by atoms with Gasteiger partial charge in [0.15, 0.2) is 0 Å². The van der Waals surface area contributed by atoms with E-state index in [0.29, 0.717) is 44.3 Å². The molecule has 2 fully saturated rings. The molecular formula is C28H29F9N4O4. The number of ether oxygens (including phenoxy) is 1. The van der Waals surface area contributed by atoms with Crippen LogP contribution in [0.2, 0.25) is 0 Å². The molecule has 248 valence electrons. The first kappa shape index (κ1) is 34.1. The molecule has 45 heavy (non-hydrogen) atoms. The summed E-state index contributed by atoms with van der Waals surface area (Å²) in [7, 11) is 0. The predicted molar refractivity (Wildman–Crippen MR) is 140 cm³/mol. The molecule has 1 unspecified atom stereocenters. The van der Waals surface area contributed by atoms with Gasteiger partial charge in [0, 0.05) is 37.4 Å². The molecule has 0 aliphatic carbocycles. The second-order valence-electron chi connectivity index (χ2n) is 10.9. The van der Waals surface area contributed by atoms with Crippen LogP contribution >= 0.6 is 0 Å². The van der Waals surface area contributed by atoms with Crippen LogP contribution in [0.4, 0.5) is 50.1 Å². The first-order valence-electron chi connectivity index (χ1n) is 13.8. The van der Waals surface area contributed by atoms with E-state index in [1.165, 1.54) is 6.92 Å². The molecule has 2 aliphatic rings. The van der Waals surface area contributed by atoms with Crippen molar-refractivity contribution in [2.75, 3.05) is 31.1 Å². The number of hydrogen-bond acceptors (Lipinski definition) is 6. The molecule has 1 amide bonds. The monoisotopic (exact) mass is 656 g/mol. The van der Waals surface area contributed by atoms with E-state index < -0.39 is 71.5 Å². The van der Waals surface area contributed by atoms with E-state index >= 15 is 0 Å². The van der Waals surface area contributed by atoms with Crippen LogP contribution in [0.15, 0.2) is 30.5 Å². The van der Waals surface area contributed by atoms with Gasteiger partial charge in [-0.05, 0) is 56.5 Å². The Bertz CT molecular complexity index is 1370. The van der Waals surface area contributed by atoms with Crippen LogP contribution < -0.4 is 4.90 Å². The zero-order valence-electron chi connectivity index (χ0n) is 23.9. The minimum Gasteiger partial charge on any atom is -0.480 e. The minimum atomic E-state index is -5.15. The Morgan fingerprint density at radius 1 is 0.956 bits per heavy atom. The fraction of sp³-hybridized carbons (Fsp3) is 0.536. The molecule has 2 aliphatic heterocycles. The highest BCUT2D eigenvalue weighted by atomic mass is 19.4. The third kappa shape index (κ3) is 7.73. The van der Waals surface area contributed by atoms with Gasteiger partial charge >= 0.3 is 30.6 Å². The number of nitrogens with zero attached hydrogens (tertiary/aromatic N) is 4. The summed E-state index contributed by atoms with van der Waals surface area (Å²) in [6.45, 7) is 3.41. The fourth-order valence-corrected chi connectivity index (χ4v) is 5.68. The summed E-state index contributed by atoms with van der Waals surface area (Å²) in [5.41, 5.74) is -4.98. The SMILES string of the molecule is CCN(c1ncc(C(F)(F)F)cc1CN1C(=O)O[C@H](c2cc(C(F)(F)F)cc(C(F)(F)F)c2)C1C)C1CCN(CC(=O)O)CC1. The quantitative estimate of drug-likeness (QED) is 0.321. The number of carboxylic acids is 1. The average Bonchev–Trinajstić information content (AvgIpc) is 3.21. The molecule has 2 atom stereocenters. The summed E-state index contributed by atoms with van der Waals surface area (Å²) in [6, 6.07) is 0.196. The lowest BCUT2D eigenvalue weighted by molar-refractivity contribution is -0.143. The number of pyridine rings is 1. The van der Waals surface area contributed by atoms with Crippen molar-refractivity contribution in [3.63, 3.8) is 0 Å². The lowest BCUT2D eigenvalue weighted by atomic mass is 9.97. The highest BCUT2D eigenvalue weighted by Gasteiger charge is 2.44. The summed E-state index contributed by atoms with van der Waals surface area (Å²) in [6.07, 6.45) is -16.3. The second-order valence-corrected chi connectivity index (χ2v) is 10.9. The van der Waals surface area contributed by atoms with Gasteiger partial charge in [0.25, 0.3) is 0 Å². The Hall–Kier alpha value is -3.76. The van der Waals surface area contributed by atoms with E-state index in [4.69, 9.17) is 9.84 Å². The Balaban J connectivity index is 1.67. The van der Waals surface area contributed by atoms with Gasteiger partial charge in [-0.3, -0.25) is 14.6 Å². The van der Waals surface area contributed by atoms with Crippen LogP contribution in [0.3, 0.4) is 0 Å². The Labute approximate surface area is 251 Å². The zero-order valence-corrected chi connectivity index (χ0v) is 23.9. The number of likely N-dealkylation sites (tertiary alicyclic amines) is 1. The Morgan fingerprint density at radius 3 is 2.00 bits per heavy atom. The molecule has 0 radical (unpaired) electrons. The molecule has 0 saturated carbocycles. The molecule has 0 spiro atoms. The molecular weight excluding hydrogens is 627 g/mol. The number of carboxylic acid groups (broad SMARTS) is 1. The van der Waals surface area contributed by atoms with Crippen molar-refractivity contribution in [1.29, 1.82) is 0 Å². The molecule has 2 aromatic rings. The average molecular weight is 657 g/mol. The maximum absolute atomic E-state index is 13.7. The number of halogens is 9. The van der Waals surface area contributed by atoms with Crippen molar-refractivity contribution in [3.05, 3.63) is 58.3 Å². The van der Waals surface area contributed by atoms with Crippen molar-refractivity contribution in [2.45, 2.75) is 70.0 Å². The van der Waals surface area contributed by atoms with Gasteiger partial charge in [0.1, 0.15) is 11.9 Å². The largest absolute Gasteiger partial charge is 0.480 e. The van der Waals surface area contributed by atoms with E-state index in [2.05, 4.69) is 4.98 Å². The number of aliphatic carboxylic acids is 1. The van der Waals surface area contributed by atoms with Crippen LogP contribution in [0, 0.1) is 0 Å². The van der Waals surface area contributed by atoms with Crippen molar-refractivity contribution < 1.29 is 58.9 Å². The Morgan fingerprint density at radius 2 is 1.51 bits per heavy atom. The lowest BCUT2D eigenvalue weighted by Gasteiger charge is -2.39. The van der Waals surface area contributed by atoms with E-state index in [0.717, 1.165) is 11.0 Å². The van der Waals surface area contributed by atoms with E-state index in [-0.39, 0.29) is 36.6 Å². The molecule has 8 nitrogen and oxygen atoms in total. The second kappa shape index (κ2) is 12.6. The summed E-state index contributed by atoms with van der Waals surface area (Å²) in [5, 5.41) is 9.07. The van der Waals surface area contributed by atoms with E-state index in [9.17, 15) is 49.1 Å². The summed E-state index contributed by atoms with van der Waals surface area (Å²) in [5.74, 6) is -0.902. The third-order valence-electron chi connectivity index (χ3n) is 7.91. The molecule has 1 N–H and O–H groups in total. The lowest BCUT2D eigenvalue weighted by Crippen LogP contribution is -2.47. The fourth-order valence-electron chi connectivity index (χ4n) is 5.68. The molecule has 4 rings (SSSR count). The number of rotatable bonds is 8. The maximum atomic E-state index is 13.7. The van der Waals surface area contributed by atoms with Gasteiger partial charge in [-0.15, -0.1) is 0 Å². The predicted octanol–water partition coefficient (Wildman–Crippen LogP) is 6.60. The van der Waals surface area contributed by atoms with Crippen molar-refractivity contribution >= 4 is 17.9 Å². The van der Waals surface area contributed by atoms with E-state index in [1.807, 2.05) is 0 Å². The molecule has 1 aromatic carbocycles. The molecule has 1 aromatic heterocycles. The number of alkyl halides is 9. The first-order chi connectivity index (χ1) is 20.8. The van der Waals surface area contributed by atoms with Gasteiger partial charge in [0.05, 0.1) is 35.8 Å². The number of carbonyl (C=O) groups is 2. The van der Waals surface area contributed by atoms with Gasteiger partial charge in [-0.2, -0.15) is 39.5 Å². The van der Waals surface area contributed by atoms with Crippen LogP contribution in [0.25, 0.3) is 0 Å². The number of hydrogen-bond donors (Lipinski definition) is 1. The number of carbonyl (C=O) groups excluding carboxylic acids is 1. The minimum absolute atomic E-state index is 0.0607. The molecule has 17 heteroatoms. The number of aromatic nitrogens is 1. The summed E-state index contributed by atoms with van der Waals surface area (Å²) in [4.78, 5) is 32.5. The number of anilines is 1. The summed E-state index contributed by atoms with van der Waals surface area (Å²) < 4.78 is 127. The van der Waals surface area contributed by atoms with Gasteiger partial charge < -0.3 is 14.7 Å². The maximum Gasteiger partial charge on any atom is 0.417 e. The smallest absolute Gasteiger partial charge is 0.417 e. The highest BCUT2D eigenvalue weighted by Crippen LogP contribution is 2.42. The van der Waals surface area contributed by atoms with E-state index in [1.54, 1.807) is 16.7 Å². The van der Waals surface area contributed by atoms with Crippen molar-refractivity contribution in [1.82, 2.24) is 14.8 Å². The van der Waals surface area contributed by atoms with Crippen molar-refractivity contribution in [3.8, 4) is 0 Å². The molecule has 2 saturated heterocycles. The number of amides is 1. The van der Waals surface area contributed by atoms with Crippen LogP contribution in [0.1, 0.15) is 60.6 Å². The summed E-state index contributed by atoms with van der Waals surface area (Å²) >= 11 is 0. The topological polar surface area (TPSA) is 86.2 Å². The Kier molecular flexibility index (Phi) is 9.52. The van der Waals surface area contributed by atoms with Crippen LogP contribution in [-0.2, 0) is 34.6 Å².